The molecule has 0 atom stereocenters. The van der Waals surface area contributed by atoms with Crippen molar-refractivity contribution in [3.63, 3.8) is 0 Å². The van der Waals surface area contributed by atoms with E-state index in [2.05, 4.69) is 10.2 Å². The first-order valence-electron chi connectivity index (χ1n) is 8.56. The van der Waals surface area contributed by atoms with Crippen LogP contribution >= 0.6 is 12.4 Å². The molecule has 4 nitrogen and oxygen atoms in total. The van der Waals surface area contributed by atoms with E-state index >= 15 is 0 Å². The first-order chi connectivity index (χ1) is 11.2. The maximum Gasteiger partial charge on any atom is 0.251 e. The van der Waals surface area contributed by atoms with E-state index in [1.807, 2.05) is 0 Å². The van der Waals surface area contributed by atoms with Gasteiger partial charge >= 0.3 is 0 Å². The van der Waals surface area contributed by atoms with Gasteiger partial charge in [0.05, 0.1) is 13.2 Å². The van der Waals surface area contributed by atoms with Crippen LogP contribution in [-0.4, -0.2) is 49.2 Å². The number of halogens is 2. The van der Waals surface area contributed by atoms with Crippen molar-refractivity contribution in [1.29, 1.82) is 0 Å². The number of amides is 1. The van der Waals surface area contributed by atoms with Gasteiger partial charge in [0.15, 0.2) is 0 Å². The largest absolute Gasteiger partial charge is 0.379 e. The second-order valence-electron chi connectivity index (χ2n) is 6.57. The second kappa shape index (κ2) is 8.79. The van der Waals surface area contributed by atoms with Gasteiger partial charge in [-0.3, -0.25) is 9.69 Å². The Balaban J connectivity index is 0.00000208. The molecule has 1 aliphatic carbocycles. The van der Waals surface area contributed by atoms with Gasteiger partial charge in [-0.25, -0.2) is 4.39 Å². The Morgan fingerprint density at radius 2 is 1.75 bits per heavy atom. The quantitative estimate of drug-likeness (QED) is 0.901. The molecule has 0 aromatic heterocycles. The Labute approximate surface area is 149 Å². The molecule has 1 aromatic rings. The molecule has 2 aliphatic rings. The summed E-state index contributed by atoms with van der Waals surface area (Å²) < 4.78 is 18.5. The minimum Gasteiger partial charge on any atom is -0.379 e. The van der Waals surface area contributed by atoms with E-state index in [0.29, 0.717) is 12.1 Å². The highest BCUT2D eigenvalue weighted by molar-refractivity contribution is 5.94. The number of carbonyl (C=O) groups is 1. The normalized spacial score (nSPS) is 20.9. The molecule has 1 amide bonds. The predicted molar refractivity (Wildman–Crippen MR) is 94.2 cm³/mol. The maximum atomic E-state index is 13.0. The highest BCUT2D eigenvalue weighted by Crippen LogP contribution is 2.33. The van der Waals surface area contributed by atoms with E-state index in [1.54, 1.807) is 0 Å². The molecule has 1 saturated heterocycles. The highest BCUT2D eigenvalue weighted by Gasteiger charge is 2.38. The average Bonchev–Trinajstić information content (AvgIpc) is 2.62. The van der Waals surface area contributed by atoms with Gasteiger partial charge in [0.25, 0.3) is 5.91 Å². The number of rotatable bonds is 4. The number of morpholine rings is 1. The Bertz CT molecular complexity index is 526. The van der Waals surface area contributed by atoms with Crippen molar-refractivity contribution < 1.29 is 13.9 Å². The maximum absolute atomic E-state index is 13.0. The van der Waals surface area contributed by atoms with Crippen LogP contribution in [0.25, 0.3) is 0 Å². The fourth-order valence-electron chi connectivity index (χ4n) is 3.80. The first kappa shape index (κ1) is 19.2. The average molecular weight is 357 g/mol. The van der Waals surface area contributed by atoms with Gasteiger partial charge < -0.3 is 10.1 Å². The standard InChI is InChI=1S/C18H25FN2O2.ClH/c19-16-6-4-15(5-7-16)17(22)20-14-18(8-2-1-3-9-18)21-10-12-23-13-11-21;/h4-7H,1-3,8-14H2,(H,20,22);1H. The minimum absolute atomic E-state index is 0. The number of nitrogens with one attached hydrogen (secondary N) is 1. The van der Waals surface area contributed by atoms with Crippen LogP contribution in [0.4, 0.5) is 4.39 Å². The van der Waals surface area contributed by atoms with Crippen molar-refractivity contribution in [3.8, 4) is 0 Å². The van der Waals surface area contributed by atoms with Crippen molar-refractivity contribution in [3.05, 3.63) is 35.6 Å². The molecule has 0 radical (unpaired) electrons. The zero-order chi connectivity index (χ0) is 16.1. The van der Waals surface area contributed by atoms with Crippen LogP contribution in [0.2, 0.25) is 0 Å². The molecule has 3 rings (SSSR count). The van der Waals surface area contributed by atoms with Gasteiger partial charge in [0.2, 0.25) is 0 Å². The van der Waals surface area contributed by atoms with Gasteiger partial charge in [0.1, 0.15) is 5.82 Å². The first-order valence-corrected chi connectivity index (χ1v) is 8.56. The van der Waals surface area contributed by atoms with Crippen molar-refractivity contribution >= 4 is 18.3 Å². The van der Waals surface area contributed by atoms with Gasteiger partial charge in [-0.1, -0.05) is 19.3 Å². The molecule has 1 N–H and O–H groups in total. The lowest BCUT2D eigenvalue weighted by Crippen LogP contribution is -2.59. The van der Waals surface area contributed by atoms with E-state index < -0.39 is 0 Å². The monoisotopic (exact) mass is 356 g/mol. The number of benzene rings is 1. The van der Waals surface area contributed by atoms with Crippen LogP contribution in [0, 0.1) is 5.82 Å². The SMILES string of the molecule is Cl.O=C(NCC1(N2CCOCC2)CCCCC1)c1ccc(F)cc1. The van der Waals surface area contributed by atoms with Crippen LogP contribution in [-0.2, 0) is 4.74 Å². The Morgan fingerprint density at radius 3 is 2.38 bits per heavy atom. The van der Waals surface area contributed by atoms with Crippen molar-refractivity contribution in [2.45, 2.75) is 37.6 Å². The van der Waals surface area contributed by atoms with Crippen molar-refractivity contribution in [1.82, 2.24) is 10.2 Å². The molecule has 0 spiro atoms. The third kappa shape index (κ3) is 4.47. The smallest absolute Gasteiger partial charge is 0.251 e. The number of hydrogen-bond donors (Lipinski definition) is 1. The number of carbonyl (C=O) groups excluding carboxylic acids is 1. The van der Waals surface area contributed by atoms with E-state index in [9.17, 15) is 9.18 Å². The lowest BCUT2D eigenvalue weighted by molar-refractivity contribution is -0.0361. The summed E-state index contributed by atoms with van der Waals surface area (Å²) >= 11 is 0. The predicted octanol–water partition coefficient (Wildman–Crippen LogP) is 3.01. The van der Waals surface area contributed by atoms with Crippen LogP contribution in [0.3, 0.4) is 0 Å². The third-order valence-electron chi connectivity index (χ3n) is 5.15. The van der Waals surface area contributed by atoms with Crippen LogP contribution < -0.4 is 5.32 Å². The van der Waals surface area contributed by atoms with Gasteiger partial charge in [-0.05, 0) is 37.1 Å². The zero-order valence-corrected chi connectivity index (χ0v) is 14.7. The molecule has 1 aliphatic heterocycles. The molecule has 1 aromatic carbocycles. The van der Waals surface area contributed by atoms with Gasteiger partial charge in [-0.2, -0.15) is 0 Å². The number of nitrogens with zero attached hydrogens (tertiary/aromatic N) is 1. The second-order valence-corrected chi connectivity index (χ2v) is 6.57. The summed E-state index contributed by atoms with van der Waals surface area (Å²) in [6, 6.07) is 5.72. The summed E-state index contributed by atoms with van der Waals surface area (Å²) in [6.07, 6.45) is 5.94. The molecule has 0 bridgehead atoms. The fraction of sp³-hybridized carbons (Fsp3) is 0.611. The van der Waals surface area contributed by atoms with Crippen molar-refractivity contribution in [2.24, 2.45) is 0 Å². The number of hydrogen-bond acceptors (Lipinski definition) is 3. The lowest BCUT2D eigenvalue weighted by atomic mass is 9.79. The molecular weight excluding hydrogens is 331 g/mol. The summed E-state index contributed by atoms with van der Waals surface area (Å²) in [6.45, 7) is 4.07. The van der Waals surface area contributed by atoms with Gasteiger partial charge in [-0.15, -0.1) is 12.4 Å². The molecule has 24 heavy (non-hydrogen) atoms. The summed E-state index contributed by atoms with van der Waals surface area (Å²) in [5, 5.41) is 3.08. The molecular formula is C18H26ClFN2O2. The molecule has 6 heteroatoms. The Morgan fingerprint density at radius 1 is 1.12 bits per heavy atom. The van der Waals surface area contributed by atoms with E-state index in [1.165, 1.54) is 43.5 Å². The van der Waals surface area contributed by atoms with Crippen molar-refractivity contribution in [2.75, 3.05) is 32.8 Å². The molecule has 2 fully saturated rings. The van der Waals surface area contributed by atoms with Crippen LogP contribution in [0.15, 0.2) is 24.3 Å². The Kier molecular flexibility index (Phi) is 7.02. The summed E-state index contributed by atoms with van der Waals surface area (Å²) in [4.78, 5) is 14.8. The summed E-state index contributed by atoms with van der Waals surface area (Å²) in [5.74, 6) is -0.443. The molecule has 1 saturated carbocycles. The molecule has 0 unspecified atom stereocenters. The third-order valence-corrected chi connectivity index (χ3v) is 5.15. The van der Waals surface area contributed by atoms with E-state index in [0.717, 1.165) is 39.1 Å². The van der Waals surface area contributed by atoms with Crippen LogP contribution in [0.5, 0.6) is 0 Å². The zero-order valence-electron chi connectivity index (χ0n) is 13.9. The molecule has 134 valence electrons. The topological polar surface area (TPSA) is 41.6 Å². The van der Waals surface area contributed by atoms with Crippen LogP contribution in [0.1, 0.15) is 42.5 Å². The summed E-state index contributed by atoms with van der Waals surface area (Å²) in [5.41, 5.74) is 0.567. The highest BCUT2D eigenvalue weighted by atomic mass is 35.5. The minimum atomic E-state index is -0.321. The summed E-state index contributed by atoms with van der Waals surface area (Å²) in [7, 11) is 0. The van der Waals surface area contributed by atoms with Gasteiger partial charge in [0, 0.05) is 30.7 Å². The Hall–Kier alpha value is -1.17. The van der Waals surface area contributed by atoms with E-state index in [4.69, 9.17) is 4.74 Å². The number of ether oxygens (including phenoxy) is 1. The molecule has 1 heterocycles. The lowest BCUT2D eigenvalue weighted by Gasteiger charge is -2.48. The fourth-order valence-corrected chi connectivity index (χ4v) is 3.80. The van der Waals surface area contributed by atoms with E-state index in [-0.39, 0.29) is 29.7 Å².